The minimum atomic E-state index is -0.0494. The molecule has 0 unspecified atom stereocenters. The van der Waals surface area contributed by atoms with Crippen molar-refractivity contribution >= 4 is 5.91 Å². The van der Waals surface area contributed by atoms with Gasteiger partial charge in [0.05, 0.1) is 0 Å². The number of primary amides is 1. The number of nitrogens with two attached hydrogens (primary N) is 1. The van der Waals surface area contributed by atoms with Gasteiger partial charge in [-0.05, 0) is 31.1 Å². The Labute approximate surface area is 73.5 Å². The van der Waals surface area contributed by atoms with Crippen LogP contribution in [0.1, 0.15) is 38.5 Å². The SMILES string of the molecule is NC(=O)[C@@H]1CCCC[C@H]2CC[C@H]21. The van der Waals surface area contributed by atoms with Crippen molar-refractivity contribution in [3.05, 3.63) is 0 Å². The van der Waals surface area contributed by atoms with E-state index in [4.69, 9.17) is 5.73 Å². The predicted octanol–water partition coefficient (Wildman–Crippen LogP) is 1.69. The zero-order valence-corrected chi connectivity index (χ0v) is 7.46. The van der Waals surface area contributed by atoms with E-state index in [9.17, 15) is 4.79 Å². The third-order valence-electron chi connectivity index (χ3n) is 3.70. The van der Waals surface area contributed by atoms with Crippen molar-refractivity contribution in [3.63, 3.8) is 0 Å². The Hall–Kier alpha value is -0.530. The quantitative estimate of drug-likeness (QED) is 0.634. The van der Waals surface area contributed by atoms with Crippen molar-refractivity contribution in [2.24, 2.45) is 23.5 Å². The van der Waals surface area contributed by atoms with E-state index in [0.29, 0.717) is 5.92 Å². The van der Waals surface area contributed by atoms with Gasteiger partial charge in [-0.2, -0.15) is 0 Å². The van der Waals surface area contributed by atoms with E-state index in [2.05, 4.69) is 0 Å². The number of amides is 1. The summed E-state index contributed by atoms with van der Waals surface area (Å²) in [5, 5.41) is 0. The fourth-order valence-electron chi connectivity index (χ4n) is 2.82. The number of hydrogen-bond donors (Lipinski definition) is 1. The number of carbonyl (C=O) groups excluding carboxylic acids is 1. The molecule has 0 aliphatic heterocycles. The molecule has 2 N–H and O–H groups in total. The first-order valence-corrected chi connectivity index (χ1v) is 5.08. The van der Waals surface area contributed by atoms with Gasteiger partial charge < -0.3 is 5.73 Å². The van der Waals surface area contributed by atoms with Crippen molar-refractivity contribution in [1.82, 2.24) is 0 Å². The van der Waals surface area contributed by atoms with Crippen LogP contribution in [0.2, 0.25) is 0 Å². The van der Waals surface area contributed by atoms with Crippen LogP contribution in [0.3, 0.4) is 0 Å². The molecule has 0 heterocycles. The maximum Gasteiger partial charge on any atom is 0.220 e. The fraction of sp³-hybridized carbons (Fsp3) is 0.900. The van der Waals surface area contributed by atoms with Crippen LogP contribution in [-0.2, 0) is 4.79 Å². The lowest BCUT2D eigenvalue weighted by Crippen LogP contribution is -2.38. The molecule has 2 rings (SSSR count). The number of fused-ring (bicyclic) bond motifs is 1. The summed E-state index contributed by atoms with van der Waals surface area (Å²) in [5.74, 6) is 1.66. The molecule has 2 saturated carbocycles. The second-order valence-electron chi connectivity index (χ2n) is 4.29. The molecule has 12 heavy (non-hydrogen) atoms. The van der Waals surface area contributed by atoms with Gasteiger partial charge in [-0.1, -0.05) is 19.3 Å². The highest BCUT2D eigenvalue weighted by atomic mass is 16.1. The number of hydrogen-bond acceptors (Lipinski definition) is 1. The first-order valence-electron chi connectivity index (χ1n) is 5.08. The standard InChI is InChI=1S/C10H17NO/c11-10(12)9-4-2-1-3-7-5-6-8(7)9/h7-9H,1-6H2,(H2,11,12)/t7-,8+,9+/m0/s1. The molecular formula is C10H17NO. The van der Waals surface area contributed by atoms with Gasteiger partial charge in [-0.15, -0.1) is 0 Å². The monoisotopic (exact) mass is 167 g/mol. The van der Waals surface area contributed by atoms with Crippen LogP contribution in [0.4, 0.5) is 0 Å². The summed E-state index contributed by atoms with van der Waals surface area (Å²) in [6.45, 7) is 0. The van der Waals surface area contributed by atoms with Gasteiger partial charge in [0, 0.05) is 5.92 Å². The van der Waals surface area contributed by atoms with Crippen LogP contribution in [0, 0.1) is 17.8 Å². The molecule has 0 radical (unpaired) electrons. The van der Waals surface area contributed by atoms with Gasteiger partial charge in [0.25, 0.3) is 0 Å². The van der Waals surface area contributed by atoms with Gasteiger partial charge in [-0.25, -0.2) is 0 Å². The lowest BCUT2D eigenvalue weighted by molar-refractivity contribution is -0.125. The maximum atomic E-state index is 11.1. The Bertz CT molecular complexity index is 190. The van der Waals surface area contributed by atoms with E-state index in [1.54, 1.807) is 0 Å². The van der Waals surface area contributed by atoms with Crippen LogP contribution in [0.15, 0.2) is 0 Å². The van der Waals surface area contributed by atoms with E-state index in [0.717, 1.165) is 12.3 Å². The van der Waals surface area contributed by atoms with Crippen LogP contribution in [0.5, 0.6) is 0 Å². The fourth-order valence-corrected chi connectivity index (χ4v) is 2.82. The van der Waals surface area contributed by atoms with Crippen LogP contribution in [-0.4, -0.2) is 5.91 Å². The molecule has 0 bridgehead atoms. The van der Waals surface area contributed by atoms with Gasteiger partial charge >= 0.3 is 0 Å². The van der Waals surface area contributed by atoms with E-state index in [1.165, 1.54) is 32.1 Å². The van der Waals surface area contributed by atoms with E-state index in [-0.39, 0.29) is 11.8 Å². The maximum absolute atomic E-state index is 11.1. The molecule has 68 valence electrons. The summed E-state index contributed by atoms with van der Waals surface area (Å²) in [5.41, 5.74) is 5.38. The average molecular weight is 167 g/mol. The molecule has 2 aliphatic carbocycles. The van der Waals surface area contributed by atoms with Gasteiger partial charge in [0.2, 0.25) is 5.91 Å². The topological polar surface area (TPSA) is 43.1 Å². The van der Waals surface area contributed by atoms with E-state index < -0.39 is 0 Å². The predicted molar refractivity (Wildman–Crippen MR) is 47.4 cm³/mol. The van der Waals surface area contributed by atoms with Crippen molar-refractivity contribution in [1.29, 1.82) is 0 Å². The summed E-state index contributed by atoms with van der Waals surface area (Å²) in [4.78, 5) is 11.1. The number of rotatable bonds is 1. The highest BCUT2D eigenvalue weighted by Gasteiger charge is 2.40. The largest absolute Gasteiger partial charge is 0.369 e. The third-order valence-corrected chi connectivity index (χ3v) is 3.70. The highest BCUT2D eigenvalue weighted by Crippen LogP contribution is 2.46. The summed E-state index contributed by atoms with van der Waals surface area (Å²) < 4.78 is 0. The first-order chi connectivity index (χ1) is 5.79. The van der Waals surface area contributed by atoms with Crippen LogP contribution in [0.25, 0.3) is 0 Å². The molecule has 0 spiro atoms. The average Bonchev–Trinajstić information content (AvgIpc) is 2.10. The molecule has 0 saturated heterocycles. The summed E-state index contributed by atoms with van der Waals surface area (Å²) >= 11 is 0. The Morgan fingerprint density at radius 1 is 1.08 bits per heavy atom. The molecule has 2 heteroatoms. The number of carbonyl (C=O) groups is 1. The highest BCUT2D eigenvalue weighted by molar-refractivity contribution is 5.77. The molecule has 3 atom stereocenters. The molecule has 0 aromatic heterocycles. The van der Waals surface area contributed by atoms with E-state index >= 15 is 0 Å². The summed E-state index contributed by atoms with van der Waals surface area (Å²) in [6.07, 6.45) is 7.50. The molecular weight excluding hydrogens is 150 g/mol. The molecule has 2 fully saturated rings. The minimum Gasteiger partial charge on any atom is -0.369 e. The van der Waals surface area contributed by atoms with Crippen LogP contribution >= 0.6 is 0 Å². The molecule has 2 aliphatic rings. The first kappa shape index (κ1) is 8.09. The Morgan fingerprint density at radius 3 is 2.42 bits per heavy atom. The summed E-state index contributed by atoms with van der Waals surface area (Å²) in [7, 11) is 0. The van der Waals surface area contributed by atoms with E-state index in [1.807, 2.05) is 0 Å². The zero-order chi connectivity index (χ0) is 8.55. The van der Waals surface area contributed by atoms with Gasteiger partial charge in [0.1, 0.15) is 0 Å². The van der Waals surface area contributed by atoms with Crippen molar-refractivity contribution in [2.75, 3.05) is 0 Å². The summed E-state index contributed by atoms with van der Waals surface area (Å²) in [6, 6.07) is 0. The van der Waals surface area contributed by atoms with Gasteiger partial charge in [-0.3, -0.25) is 4.79 Å². The lowest BCUT2D eigenvalue weighted by atomic mass is 9.66. The molecule has 2 nitrogen and oxygen atoms in total. The Kier molecular flexibility index (Phi) is 2.07. The Balaban J connectivity index is 2.05. The zero-order valence-electron chi connectivity index (χ0n) is 7.46. The smallest absolute Gasteiger partial charge is 0.220 e. The molecule has 1 amide bonds. The van der Waals surface area contributed by atoms with Crippen molar-refractivity contribution in [3.8, 4) is 0 Å². The van der Waals surface area contributed by atoms with Gasteiger partial charge in [0.15, 0.2) is 0 Å². The molecule has 0 aromatic carbocycles. The normalized spacial score (nSPS) is 40.8. The van der Waals surface area contributed by atoms with Crippen molar-refractivity contribution < 1.29 is 4.79 Å². The van der Waals surface area contributed by atoms with Crippen molar-refractivity contribution in [2.45, 2.75) is 38.5 Å². The molecule has 0 aromatic rings. The second-order valence-corrected chi connectivity index (χ2v) is 4.29. The lowest BCUT2D eigenvalue weighted by Gasteiger charge is -2.39. The Morgan fingerprint density at radius 2 is 1.83 bits per heavy atom. The van der Waals surface area contributed by atoms with Crippen LogP contribution < -0.4 is 5.73 Å². The second kappa shape index (κ2) is 3.08. The third kappa shape index (κ3) is 1.23. The minimum absolute atomic E-state index is 0.0494.